The van der Waals surface area contributed by atoms with Gasteiger partial charge in [-0.25, -0.2) is 4.79 Å². The Morgan fingerprint density at radius 3 is 2.69 bits per heavy atom. The van der Waals surface area contributed by atoms with Crippen LogP contribution in [0.2, 0.25) is 10.0 Å². The zero-order valence-corrected chi connectivity index (χ0v) is 19.4. The van der Waals surface area contributed by atoms with Gasteiger partial charge in [0.15, 0.2) is 5.11 Å². The van der Waals surface area contributed by atoms with Crippen LogP contribution >= 0.6 is 35.4 Å². The van der Waals surface area contributed by atoms with E-state index in [9.17, 15) is 4.79 Å². The summed E-state index contributed by atoms with van der Waals surface area (Å²) in [6.45, 7) is 1.81. The quantitative estimate of drug-likeness (QED) is 0.199. The third-order valence-electron chi connectivity index (χ3n) is 4.93. The zero-order valence-electron chi connectivity index (χ0n) is 17.1. The maximum atomic E-state index is 12.8. The van der Waals surface area contributed by atoms with E-state index in [-0.39, 0.29) is 16.5 Å². The third-order valence-corrected chi connectivity index (χ3v) is 5.66. The number of carbonyl (C=O) groups is 1. The molecule has 164 valence electrons. The molecule has 0 saturated carbocycles. The number of furan rings is 1. The van der Waals surface area contributed by atoms with Crippen LogP contribution < -0.4 is 15.5 Å². The number of ether oxygens (including phenoxy) is 1. The largest absolute Gasteiger partial charge is 0.453 e. The fourth-order valence-electron chi connectivity index (χ4n) is 3.48. The molecule has 0 spiro atoms. The summed E-state index contributed by atoms with van der Waals surface area (Å²) in [5, 5.41) is 8.61. The van der Waals surface area contributed by atoms with E-state index in [0.29, 0.717) is 27.9 Å². The standard InChI is InChI=1S/C23H19Cl2N3O3S/c1-13-20-17(27-28-23(32)26-15-6-3-2-4-7-15)8-5-9-19(20)30-21(13)22(29)31-18-11-10-14(24)12-16(18)25/h2-4,6-7,10-12H,5,8-9H2,1H3,(H2,26,28,32)/b27-17+. The summed E-state index contributed by atoms with van der Waals surface area (Å²) in [6, 6.07) is 14.2. The molecule has 0 saturated heterocycles. The first-order chi connectivity index (χ1) is 15.4. The van der Waals surface area contributed by atoms with Crippen LogP contribution in [0.3, 0.4) is 0 Å². The topological polar surface area (TPSA) is 75.9 Å². The van der Waals surface area contributed by atoms with Crippen LogP contribution in [0.15, 0.2) is 58.0 Å². The van der Waals surface area contributed by atoms with Crippen LogP contribution in [0.4, 0.5) is 5.69 Å². The molecule has 0 unspecified atom stereocenters. The molecule has 3 aromatic rings. The summed E-state index contributed by atoms with van der Waals surface area (Å²) in [4.78, 5) is 12.8. The number of para-hydroxylation sites is 1. The Balaban J connectivity index is 1.52. The van der Waals surface area contributed by atoms with Crippen molar-refractivity contribution in [2.24, 2.45) is 5.10 Å². The lowest BCUT2D eigenvalue weighted by Gasteiger charge is -2.14. The lowest BCUT2D eigenvalue weighted by molar-refractivity contribution is 0.0698. The molecule has 9 heteroatoms. The van der Waals surface area contributed by atoms with Gasteiger partial charge < -0.3 is 14.5 Å². The van der Waals surface area contributed by atoms with Crippen LogP contribution in [-0.4, -0.2) is 16.8 Å². The van der Waals surface area contributed by atoms with Gasteiger partial charge in [-0.05, 0) is 62.3 Å². The molecule has 2 N–H and O–H groups in total. The molecule has 0 radical (unpaired) electrons. The average molecular weight is 488 g/mol. The molecule has 1 aliphatic rings. The monoisotopic (exact) mass is 487 g/mol. The van der Waals surface area contributed by atoms with E-state index in [1.807, 2.05) is 37.3 Å². The molecule has 0 fully saturated rings. The number of carbonyl (C=O) groups excluding carboxylic acids is 1. The van der Waals surface area contributed by atoms with Crippen molar-refractivity contribution in [1.82, 2.24) is 5.43 Å². The fourth-order valence-corrected chi connectivity index (χ4v) is 4.09. The molecule has 1 aromatic heterocycles. The highest BCUT2D eigenvalue weighted by Crippen LogP contribution is 2.32. The Labute approximate surface area is 200 Å². The predicted octanol–water partition coefficient (Wildman–Crippen LogP) is 6.14. The van der Waals surface area contributed by atoms with Crippen molar-refractivity contribution in [1.29, 1.82) is 0 Å². The van der Waals surface area contributed by atoms with Gasteiger partial charge in [0.2, 0.25) is 5.76 Å². The van der Waals surface area contributed by atoms with Gasteiger partial charge in [-0.2, -0.15) is 5.10 Å². The maximum absolute atomic E-state index is 12.8. The first-order valence-corrected chi connectivity index (χ1v) is 11.1. The second-order valence-corrected chi connectivity index (χ2v) is 8.41. The van der Waals surface area contributed by atoms with Crippen LogP contribution in [0, 0.1) is 6.92 Å². The molecule has 0 atom stereocenters. The van der Waals surface area contributed by atoms with E-state index in [1.54, 1.807) is 6.07 Å². The van der Waals surface area contributed by atoms with Gasteiger partial charge in [0.25, 0.3) is 0 Å². The molecule has 4 rings (SSSR count). The third kappa shape index (κ3) is 4.96. The Morgan fingerprint density at radius 1 is 1.16 bits per heavy atom. The van der Waals surface area contributed by atoms with E-state index in [1.165, 1.54) is 12.1 Å². The number of hydrogen-bond donors (Lipinski definition) is 2. The summed E-state index contributed by atoms with van der Waals surface area (Å²) in [5.74, 6) is 0.406. The number of hydrazone groups is 1. The first-order valence-electron chi connectivity index (χ1n) is 9.91. The van der Waals surface area contributed by atoms with Crippen molar-refractivity contribution < 1.29 is 13.9 Å². The second kappa shape index (κ2) is 9.73. The highest BCUT2D eigenvalue weighted by atomic mass is 35.5. The number of esters is 1. The Bertz CT molecular complexity index is 1210. The van der Waals surface area contributed by atoms with Gasteiger partial charge >= 0.3 is 5.97 Å². The number of thiocarbonyl (C=S) groups is 1. The highest BCUT2D eigenvalue weighted by molar-refractivity contribution is 7.80. The van der Waals surface area contributed by atoms with E-state index in [4.69, 9.17) is 44.6 Å². The molecule has 6 nitrogen and oxygen atoms in total. The number of hydrogen-bond acceptors (Lipinski definition) is 5. The summed E-state index contributed by atoms with van der Waals surface area (Å²) in [6.07, 6.45) is 2.28. The number of rotatable bonds is 4. The number of anilines is 1. The Kier molecular flexibility index (Phi) is 6.79. The average Bonchev–Trinajstić information content (AvgIpc) is 3.12. The number of aryl methyl sites for hydroxylation is 1. The summed E-state index contributed by atoms with van der Waals surface area (Å²) < 4.78 is 11.3. The fraction of sp³-hybridized carbons (Fsp3) is 0.174. The van der Waals surface area contributed by atoms with Crippen LogP contribution in [0.1, 0.15) is 40.3 Å². The molecular formula is C23H19Cl2N3O3S. The SMILES string of the molecule is Cc1c(C(=O)Oc2ccc(Cl)cc2Cl)oc2c1/C(=N/NC(=S)Nc1ccccc1)CCC2. The predicted molar refractivity (Wildman–Crippen MR) is 130 cm³/mol. The lowest BCUT2D eigenvalue weighted by atomic mass is 9.93. The van der Waals surface area contributed by atoms with E-state index < -0.39 is 5.97 Å². The molecule has 32 heavy (non-hydrogen) atoms. The van der Waals surface area contributed by atoms with Crippen LogP contribution in [0.25, 0.3) is 0 Å². The number of nitrogens with one attached hydrogen (secondary N) is 2. The molecule has 0 bridgehead atoms. The number of fused-ring (bicyclic) bond motifs is 1. The van der Waals surface area contributed by atoms with Crippen molar-refractivity contribution in [2.75, 3.05) is 5.32 Å². The minimum Gasteiger partial charge on any atom is -0.453 e. The summed E-state index contributed by atoms with van der Waals surface area (Å²) in [7, 11) is 0. The second-order valence-electron chi connectivity index (χ2n) is 7.16. The molecular weight excluding hydrogens is 469 g/mol. The number of nitrogens with zero attached hydrogens (tertiary/aromatic N) is 1. The number of benzene rings is 2. The minimum absolute atomic E-state index is 0.126. The zero-order chi connectivity index (χ0) is 22.7. The highest BCUT2D eigenvalue weighted by Gasteiger charge is 2.29. The van der Waals surface area contributed by atoms with E-state index in [0.717, 1.165) is 29.8 Å². The summed E-state index contributed by atoms with van der Waals surface area (Å²) in [5.41, 5.74) is 5.98. The number of halogens is 2. The van der Waals surface area contributed by atoms with Gasteiger partial charge in [-0.1, -0.05) is 41.4 Å². The summed E-state index contributed by atoms with van der Waals surface area (Å²) >= 11 is 17.3. The van der Waals surface area contributed by atoms with Gasteiger partial charge in [-0.15, -0.1) is 0 Å². The molecule has 1 aliphatic carbocycles. The molecule has 0 aliphatic heterocycles. The Morgan fingerprint density at radius 2 is 1.94 bits per heavy atom. The Hall–Kier alpha value is -2.87. The lowest BCUT2D eigenvalue weighted by Crippen LogP contribution is -2.26. The van der Waals surface area contributed by atoms with Gasteiger partial charge in [-0.3, -0.25) is 5.43 Å². The van der Waals surface area contributed by atoms with Crippen molar-refractivity contribution in [3.05, 3.63) is 81.2 Å². The molecule has 1 heterocycles. The van der Waals surface area contributed by atoms with E-state index in [2.05, 4.69) is 15.8 Å². The van der Waals surface area contributed by atoms with Gasteiger partial charge in [0.1, 0.15) is 11.5 Å². The van der Waals surface area contributed by atoms with Gasteiger partial charge in [0.05, 0.1) is 10.7 Å². The van der Waals surface area contributed by atoms with Crippen molar-refractivity contribution >= 4 is 57.9 Å². The van der Waals surface area contributed by atoms with Crippen LogP contribution in [-0.2, 0) is 6.42 Å². The molecule has 2 aromatic carbocycles. The minimum atomic E-state index is -0.630. The van der Waals surface area contributed by atoms with Gasteiger partial charge in [0, 0.05) is 28.3 Å². The normalized spacial score (nSPS) is 14.0. The van der Waals surface area contributed by atoms with Crippen molar-refractivity contribution in [3.8, 4) is 5.75 Å². The smallest absolute Gasteiger partial charge is 0.379 e. The van der Waals surface area contributed by atoms with Crippen molar-refractivity contribution in [2.45, 2.75) is 26.2 Å². The first kappa shape index (κ1) is 22.3. The molecule has 0 amide bonds. The maximum Gasteiger partial charge on any atom is 0.379 e. The van der Waals surface area contributed by atoms with E-state index >= 15 is 0 Å². The van der Waals surface area contributed by atoms with Crippen LogP contribution in [0.5, 0.6) is 5.75 Å². The van der Waals surface area contributed by atoms with Crippen molar-refractivity contribution in [3.63, 3.8) is 0 Å².